The highest BCUT2D eigenvalue weighted by Gasteiger charge is 2.42. The summed E-state index contributed by atoms with van der Waals surface area (Å²) in [6.45, 7) is 5.77. The molecule has 0 radical (unpaired) electrons. The van der Waals surface area contributed by atoms with Gasteiger partial charge in [0.2, 0.25) is 5.91 Å². The van der Waals surface area contributed by atoms with Crippen molar-refractivity contribution in [1.82, 2.24) is 15.2 Å². The fraction of sp³-hybridized carbons (Fsp3) is 0.259. The summed E-state index contributed by atoms with van der Waals surface area (Å²) in [6.07, 6.45) is 3.27. The molecule has 1 atom stereocenters. The molecule has 9 nitrogen and oxygen atoms in total. The minimum absolute atomic E-state index is 0.0571. The maximum atomic E-state index is 13.3. The van der Waals surface area contributed by atoms with Gasteiger partial charge < -0.3 is 24.4 Å². The number of rotatable bonds is 10. The Morgan fingerprint density at radius 2 is 2.03 bits per heavy atom. The van der Waals surface area contributed by atoms with Gasteiger partial charge >= 0.3 is 5.97 Å². The van der Waals surface area contributed by atoms with Crippen LogP contribution in [0, 0.1) is 0 Å². The van der Waals surface area contributed by atoms with Gasteiger partial charge in [-0.3, -0.25) is 9.78 Å². The summed E-state index contributed by atoms with van der Waals surface area (Å²) in [5.41, 5.74) is 3.01. The molecule has 1 N–H and O–H groups in total. The Morgan fingerprint density at radius 1 is 1.19 bits per heavy atom. The maximum Gasteiger partial charge on any atom is 0.338 e. The molecule has 3 heterocycles. The van der Waals surface area contributed by atoms with Crippen molar-refractivity contribution in [3.63, 3.8) is 0 Å². The highest BCUT2D eigenvalue weighted by atomic mass is 32.2. The fourth-order valence-electron chi connectivity index (χ4n) is 4.18. The molecule has 4 rings (SSSR count). The molecule has 0 bridgehead atoms. The molecular weight excluding hydrogens is 492 g/mol. The van der Waals surface area contributed by atoms with Crippen LogP contribution in [0.15, 0.2) is 82.6 Å². The molecule has 0 saturated heterocycles. The zero-order valence-electron chi connectivity index (χ0n) is 20.9. The van der Waals surface area contributed by atoms with Crippen molar-refractivity contribution in [3.05, 3.63) is 88.9 Å². The quantitative estimate of drug-likeness (QED) is 0.369. The molecule has 192 valence electrons. The minimum atomic E-state index is -0.653. The first-order chi connectivity index (χ1) is 18.0. The number of fused-ring (bicyclic) bond motifs is 1. The van der Waals surface area contributed by atoms with Crippen LogP contribution in [0.2, 0.25) is 0 Å². The Bertz CT molecular complexity index is 1290. The van der Waals surface area contributed by atoms with Crippen molar-refractivity contribution in [2.24, 2.45) is 4.99 Å². The summed E-state index contributed by atoms with van der Waals surface area (Å²) in [5, 5.41) is 5.44. The largest absolute Gasteiger partial charge is 0.493 e. The molecule has 0 fully saturated rings. The van der Waals surface area contributed by atoms with Crippen molar-refractivity contribution in [2.45, 2.75) is 25.9 Å². The summed E-state index contributed by atoms with van der Waals surface area (Å²) < 4.78 is 16.7. The van der Waals surface area contributed by atoms with Crippen LogP contribution < -0.4 is 14.8 Å². The number of ether oxygens (including phenoxy) is 3. The molecule has 2 aliphatic heterocycles. The van der Waals surface area contributed by atoms with E-state index in [1.807, 2.05) is 40.6 Å². The zero-order chi connectivity index (χ0) is 26.4. The monoisotopic (exact) mass is 520 g/mol. The number of methoxy groups -OCH3 is 2. The second kappa shape index (κ2) is 11.8. The van der Waals surface area contributed by atoms with E-state index in [1.54, 1.807) is 33.4 Å². The summed E-state index contributed by atoms with van der Waals surface area (Å²) >= 11 is 1.40. The molecule has 1 aromatic heterocycles. The molecule has 0 spiro atoms. The minimum Gasteiger partial charge on any atom is -0.493 e. The molecule has 1 amide bonds. The molecule has 1 unspecified atom stereocenters. The predicted molar refractivity (Wildman–Crippen MR) is 142 cm³/mol. The normalized spacial score (nSPS) is 16.4. The third-order valence-electron chi connectivity index (χ3n) is 5.82. The van der Waals surface area contributed by atoms with E-state index >= 15 is 0 Å². The van der Waals surface area contributed by atoms with E-state index in [0.29, 0.717) is 45.7 Å². The van der Waals surface area contributed by atoms with Crippen LogP contribution >= 0.6 is 11.8 Å². The summed E-state index contributed by atoms with van der Waals surface area (Å²) in [5.74, 6) is 0.294. The number of thioether (sulfide) groups is 1. The number of nitrogens with zero attached hydrogens (tertiary/aromatic N) is 3. The first-order valence-corrected chi connectivity index (χ1v) is 12.5. The standard InChI is InChI=1S/C27H28N4O5S/c1-5-13-36-26(33)23-17(2)30-27-31(24(23)20-10-8-11-21(34-3)25(20)35-4)19(16-37-27)14-22(32)29-15-18-9-6-7-12-28-18/h5-12,16,24H,1,13-15H2,2-4H3,(H,29,32). The number of esters is 1. The van der Waals surface area contributed by atoms with E-state index < -0.39 is 12.0 Å². The highest BCUT2D eigenvalue weighted by molar-refractivity contribution is 8.16. The molecule has 0 aliphatic carbocycles. The lowest BCUT2D eigenvalue weighted by Gasteiger charge is -2.37. The van der Waals surface area contributed by atoms with E-state index in [-0.39, 0.29) is 18.9 Å². The predicted octanol–water partition coefficient (Wildman–Crippen LogP) is 4.11. The van der Waals surface area contributed by atoms with E-state index in [0.717, 1.165) is 5.69 Å². The number of para-hydroxylation sites is 1. The number of aromatic nitrogens is 1. The van der Waals surface area contributed by atoms with E-state index in [9.17, 15) is 9.59 Å². The molecule has 10 heteroatoms. The van der Waals surface area contributed by atoms with Gasteiger partial charge in [0.25, 0.3) is 0 Å². The lowest BCUT2D eigenvalue weighted by molar-refractivity contribution is -0.138. The second-order valence-electron chi connectivity index (χ2n) is 8.14. The molecule has 2 aromatic rings. The van der Waals surface area contributed by atoms with Crippen molar-refractivity contribution >= 4 is 28.8 Å². The van der Waals surface area contributed by atoms with Gasteiger partial charge in [-0.15, -0.1) is 0 Å². The van der Waals surface area contributed by atoms with Gasteiger partial charge in [0, 0.05) is 17.5 Å². The second-order valence-corrected chi connectivity index (χ2v) is 8.97. The first kappa shape index (κ1) is 26.0. The first-order valence-electron chi connectivity index (χ1n) is 11.6. The number of hydrogen-bond donors (Lipinski definition) is 1. The lowest BCUT2D eigenvalue weighted by Crippen LogP contribution is -2.38. The van der Waals surface area contributed by atoms with Crippen LogP contribution in [0.1, 0.15) is 30.6 Å². The van der Waals surface area contributed by atoms with Gasteiger partial charge in [0.05, 0.1) is 50.2 Å². The van der Waals surface area contributed by atoms with Crippen molar-refractivity contribution < 1.29 is 23.8 Å². The average molecular weight is 521 g/mol. The Labute approximate surface area is 219 Å². The number of hydrogen-bond acceptors (Lipinski definition) is 9. The van der Waals surface area contributed by atoms with Gasteiger partial charge in [-0.25, -0.2) is 9.79 Å². The van der Waals surface area contributed by atoms with Gasteiger partial charge in [-0.1, -0.05) is 42.6 Å². The number of carbonyl (C=O) groups excluding carboxylic acids is 2. The topological polar surface area (TPSA) is 102 Å². The van der Waals surface area contributed by atoms with E-state index in [1.165, 1.54) is 17.8 Å². The van der Waals surface area contributed by atoms with Crippen LogP contribution in [0.25, 0.3) is 0 Å². The third-order valence-corrected chi connectivity index (χ3v) is 6.70. The molecular formula is C27H28N4O5S. The highest BCUT2D eigenvalue weighted by Crippen LogP contribution is 2.48. The summed E-state index contributed by atoms with van der Waals surface area (Å²) in [7, 11) is 3.10. The van der Waals surface area contributed by atoms with Gasteiger partial charge in [-0.2, -0.15) is 0 Å². The Hall–Kier alpha value is -4.05. The van der Waals surface area contributed by atoms with Gasteiger partial charge in [-0.05, 0) is 30.5 Å². The Kier molecular flexibility index (Phi) is 8.29. The van der Waals surface area contributed by atoms with Crippen molar-refractivity contribution in [3.8, 4) is 11.5 Å². The smallest absolute Gasteiger partial charge is 0.338 e. The zero-order valence-corrected chi connectivity index (χ0v) is 21.7. The van der Waals surface area contributed by atoms with Crippen LogP contribution in [0.4, 0.5) is 0 Å². The maximum absolute atomic E-state index is 13.3. The van der Waals surface area contributed by atoms with Crippen molar-refractivity contribution in [2.75, 3.05) is 20.8 Å². The average Bonchev–Trinajstić information content (AvgIpc) is 3.31. The van der Waals surface area contributed by atoms with Crippen LogP contribution in [0.3, 0.4) is 0 Å². The number of nitrogens with one attached hydrogen (secondary N) is 1. The summed E-state index contributed by atoms with van der Waals surface area (Å²) in [6, 6.07) is 10.4. The SMILES string of the molecule is C=CCOC(=O)C1=C(C)N=C2SC=C(CC(=O)NCc3ccccn3)N2C1c1cccc(OC)c1OC. The number of allylic oxidation sites excluding steroid dienone is 1. The molecule has 1 aromatic carbocycles. The van der Waals surface area contributed by atoms with Crippen LogP contribution in [-0.4, -0.2) is 47.8 Å². The third kappa shape index (κ3) is 5.54. The van der Waals surface area contributed by atoms with Gasteiger partial charge in [0.1, 0.15) is 6.61 Å². The summed E-state index contributed by atoms with van der Waals surface area (Å²) in [4.78, 5) is 37.0. The Balaban J connectivity index is 1.69. The number of benzene rings is 1. The van der Waals surface area contributed by atoms with Gasteiger partial charge in [0.15, 0.2) is 16.7 Å². The molecule has 37 heavy (non-hydrogen) atoms. The van der Waals surface area contributed by atoms with Crippen molar-refractivity contribution in [1.29, 1.82) is 0 Å². The number of carbonyl (C=O) groups is 2. The van der Waals surface area contributed by atoms with Crippen LogP contribution in [-0.2, 0) is 20.9 Å². The lowest BCUT2D eigenvalue weighted by atomic mass is 9.92. The number of pyridine rings is 1. The number of aliphatic imine (C=N–C) groups is 1. The van der Waals surface area contributed by atoms with E-state index in [2.05, 4.69) is 21.9 Å². The Morgan fingerprint density at radius 3 is 2.73 bits per heavy atom. The number of amides is 1. The van der Waals surface area contributed by atoms with Crippen LogP contribution in [0.5, 0.6) is 11.5 Å². The molecule has 0 saturated carbocycles. The molecule has 2 aliphatic rings. The van der Waals surface area contributed by atoms with E-state index in [4.69, 9.17) is 14.2 Å². The fourth-order valence-corrected chi connectivity index (χ4v) is 5.15. The number of amidine groups is 1.